The third kappa shape index (κ3) is 3.28. The van der Waals surface area contributed by atoms with Gasteiger partial charge < -0.3 is 4.57 Å². The van der Waals surface area contributed by atoms with E-state index in [1.165, 1.54) is 6.07 Å². The zero-order valence-corrected chi connectivity index (χ0v) is 14.3. The van der Waals surface area contributed by atoms with Crippen molar-refractivity contribution in [3.05, 3.63) is 95.0 Å². The highest BCUT2D eigenvalue weighted by Crippen LogP contribution is 2.61. The number of para-hydroxylation sites is 1. The van der Waals surface area contributed by atoms with Crippen molar-refractivity contribution in [3.63, 3.8) is 0 Å². The molecular formula is C18H14NO3PS. The Bertz CT molecular complexity index is 857. The van der Waals surface area contributed by atoms with E-state index in [1.54, 1.807) is 42.5 Å². The molecule has 0 atom stereocenters. The van der Waals surface area contributed by atoms with Gasteiger partial charge >= 0.3 is 0 Å². The third-order valence-corrected chi connectivity index (χ3v) is 8.86. The number of hydrogen-bond acceptors (Lipinski definition) is 4. The SMILES string of the molecule is O=[N+]([O-])c1ccccc1SP(=O)(c1ccccc1)c1ccccc1. The van der Waals surface area contributed by atoms with Gasteiger partial charge in [-0.1, -0.05) is 72.8 Å². The lowest BCUT2D eigenvalue weighted by molar-refractivity contribution is -0.387. The number of rotatable bonds is 5. The van der Waals surface area contributed by atoms with E-state index < -0.39 is 11.3 Å². The van der Waals surface area contributed by atoms with E-state index in [1.807, 2.05) is 36.4 Å². The van der Waals surface area contributed by atoms with Gasteiger partial charge in [-0.3, -0.25) is 10.1 Å². The summed E-state index contributed by atoms with van der Waals surface area (Å²) in [6, 6.07) is 24.6. The van der Waals surface area contributed by atoms with Crippen molar-refractivity contribution in [2.75, 3.05) is 0 Å². The molecule has 3 aromatic carbocycles. The van der Waals surface area contributed by atoms with Crippen molar-refractivity contribution in [2.24, 2.45) is 0 Å². The highest BCUT2D eigenvalue weighted by Gasteiger charge is 2.31. The average molecular weight is 355 g/mol. The molecule has 0 aromatic heterocycles. The molecule has 0 N–H and O–H groups in total. The number of nitrogens with zero attached hydrogens (tertiary/aromatic N) is 1. The Labute approximate surface area is 143 Å². The van der Waals surface area contributed by atoms with Crippen LogP contribution in [0.4, 0.5) is 5.69 Å². The molecule has 0 aliphatic rings. The molecule has 0 aliphatic heterocycles. The summed E-state index contributed by atoms with van der Waals surface area (Å²) in [4.78, 5) is 11.2. The normalized spacial score (nSPS) is 11.2. The summed E-state index contributed by atoms with van der Waals surface area (Å²) >= 11 is 1.07. The van der Waals surface area contributed by atoms with Crippen molar-refractivity contribution in [2.45, 2.75) is 4.90 Å². The standard InChI is InChI=1S/C18H14NO3PS/c20-19(21)17-13-7-8-14-18(17)24-23(22,15-9-3-1-4-10-15)16-11-5-2-6-12-16/h1-14H. The van der Waals surface area contributed by atoms with Gasteiger partial charge in [-0.2, -0.15) is 0 Å². The van der Waals surface area contributed by atoms with Crippen LogP contribution in [0.15, 0.2) is 89.8 Å². The second-order valence-electron chi connectivity index (χ2n) is 5.04. The van der Waals surface area contributed by atoms with Crippen molar-refractivity contribution < 1.29 is 9.49 Å². The molecule has 120 valence electrons. The summed E-state index contributed by atoms with van der Waals surface area (Å²) < 4.78 is 13.9. The zero-order valence-electron chi connectivity index (χ0n) is 12.6. The van der Waals surface area contributed by atoms with E-state index in [9.17, 15) is 14.7 Å². The molecule has 0 heterocycles. The minimum absolute atomic E-state index is 0.0328. The Hall–Kier alpha value is -2.36. The second-order valence-corrected chi connectivity index (χ2v) is 9.89. The zero-order chi connectivity index (χ0) is 17.0. The number of nitro groups is 1. The largest absolute Gasteiger partial charge is 0.302 e. The molecule has 3 rings (SSSR count). The van der Waals surface area contributed by atoms with Gasteiger partial charge in [0.05, 0.1) is 9.82 Å². The Morgan fingerprint density at radius 1 is 0.750 bits per heavy atom. The minimum Gasteiger partial charge on any atom is -0.302 e. The first-order chi connectivity index (χ1) is 11.6. The lowest BCUT2D eigenvalue weighted by atomic mass is 10.3. The fourth-order valence-electron chi connectivity index (χ4n) is 2.33. The molecule has 0 aliphatic carbocycles. The fourth-order valence-corrected chi connectivity index (χ4v) is 7.27. The van der Waals surface area contributed by atoms with Gasteiger partial charge in [-0.05, 0) is 17.4 Å². The van der Waals surface area contributed by atoms with Crippen LogP contribution in [0.1, 0.15) is 0 Å². The predicted octanol–water partition coefficient (Wildman–Crippen LogP) is 4.62. The van der Waals surface area contributed by atoms with Gasteiger partial charge in [0.15, 0.2) is 6.34 Å². The van der Waals surface area contributed by atoms with Crippen LogP contribution in [-0.4, -0.2) is 4.92 Å². The van der Waals surface area contributed by atoms with Crippen molar-refractivity contribution in [3.8, 4) is 0 Å². The van der Waals surface area contributed by atoms with Crippen LogP contribution < -0.4 is 10.6 Å². The lowest BCUT2D eigenvalue weighted by Crippen LogP contribution is -2.13. The van der Waals surface area contributed by atoms with Crippen molar-refractivity contribution >= 4 is 34.0 Å². The van der Waals surface area contributed by atoms with Crippen LogP contribution in [0.2, 0.25) is 0 Å². The topological polar surface area (TPSA) is 60.2 Å². The second kappa shape index (κ2) is 7.04. The average Bonchev–Trinajstić information content (AvgIpc) is 2.63. The monoisotopic (exact) mass is 355 g/mol. The van der Waals surface area contributed by atoms with Crippen molar-refractivity contribution in [1.82, 2.24) is 0 Å². The number of nitro benzene ring substituents is 1. The first kappa shape index (κ1) is 16.5. The quantitative estimate of drug-likeness (QED) is 0.381. The summed E-state index contributed by atoms with van der Waals surface area (Å²) in [5, 5.41) is 12.6. The van der Waals surface area contributed by atoms with E-state index in [0.717, 1.165) is 11.4 Å². The van der Waals surface area contributed by atoms with Gasteiger partial charge in [-0.15, -0.1) is 0 Å². The molecule has 0 amide bonds. The Balaban J connectivity index is 2.15. The molecule has 0 saturated carbocycles. The molecule has 24 heavy (non-hydrogen) atoms. The van der Waals surface area contributed by atoms with E-state index in [2.05, 4.69) is 0 Å². The van der Waals surface area contributed by atoms with Crippen LogP contribution in [0.25, 0.3) is 0 Å². The van der Waals surface area contributed by atoms with Gasteiger partial charge in [0.1, 0.15) is 0 Å². The minimum atomic E-state index is -3.10. The Morgan fingerprint density at radius 2 is 1.21 bits per heavy atom. The molecule has 6 heteroatoms. The molecule has 0 fully saturated rings. The highest BCUT2D eigenvalue weighted by atomic mass is 32.7. The maximum atomic E-state index is 13.9. The van der Waals surface area contributed by atoms with Crippen LogP contribution in [-0.2, 0) is 4.57 Å². The molecule has 3 aromatic rings. The smallest absolute Gasteiger partial charge is 0.283 e. The van der Waals surface area contributed by atoms with Gasteiger partial charge in [0.25, 0.3) is 5.69 Å². The van der Waals surface area contributed by atoms with Gasteiger partial charge in [0.2, 0.25) is 0 Å². The van der Waals surface area contributed by atoms with E-state index in [-0.39, 0.29) is 5.69 Å². The summed E-state index contributed by atoms with van der Waals surface area (Å²) in [5.74, 6) is 0. The summed E-state index contributed by atoms with van der Waals surface area (Å²) in [7, 11) is 0. The predicted molar refractivity (Wildman–Crippen MR) is 98.7 cm³/mol. The van der Waals surface area contributed by atoms with E-state index in [0.29, 0.717) is 15.5 Å². The van der Waals surface area contributed by atoms with Gasteiger partial charge in [0, 0.05) is 16.7 Å². The van der Waals surface area contributed by atoms with Gasteiger partial charge in [-0.25, -0.2) is 0 Å². The number of benzene rings is 3. The Kier molecular flexibility index (Phi) is 4.84. The third-order valence-electron chi connectivity index (χ3n) is 3.48. The molecule has 0 saturated heterocycles. The molecule has 0 bridgehead atoms. The van der Waals surface area contributed by atoms with Crippen molar-refractivity contribution in [1.29, 1.82) is 0 Å². The molecule has 0 spiro atoms. The summed E-state index contributed by atoms with van der Waals surface area (Å²) in [5.41, 5.74) is -0.0328. The summed E-state index contributed by atoms with van der Waals surface area (Å²) in [6.45, 7) is 0. The lowest BCUT2D eigenvalue weighted by Gasteiger charge is -2.18. The molecule has 0 unspecified atom stereocenters. The highest BCUT2D eigenvalue weighted by molar-refractivity contribution is 8.62. The number of hydrogen-bond donors (Lipinski definition) is 0. The molecular weight excluding hydrogens is 341 g/mol. The first-order valence-corrected chi connectivity index (χ1v) is 10.4. The first-order valence-electron chi connectivity index (χ1n) is 7.25. The van der Waals surface area contributed by atoms with Crippen LogP contribution in [0, 0.1) is 10.1 Å². The molecule has 0 radical (unpaired) electrons. The van der Waals surface area contributed by atoms with E-state index in [4.69, 9.17) is 0 Å². The fraction of sp³-hybridized carbons (Fsp3) is 0. The summed E-state index contributed by atoms with van der Waals surface area (Å²) in [6.07, 6.45) is -3.10. The van der Waals surface area contributed by atoms with E-state index >= 15 is 0 Å². The van der Waals surface area contributed by atoms with Crippen LogP contribution in [0.3, 0.4) is 0 Å². The van der Waals surface area contributed by atoms with Crippen LogP contribution in [0.5, 0.6) is 0 Å². The maximum Gasteiger partial charge on any atom is 0.283 e. The van der Waals surface area contributed by atoms with Crippen LogP contribution >= 0.6 is 17.7 Å². The maximum absolute atomic E-state index is 13.9. The molecule has 4 nitrogen and oxygen atoms in total. The Morgan fingerprint density at radius 3 is 1.71 bits per heavy atom.